The van der Waals surface area contributed by atoms with Gasteiger partial charge in [0, 0.05) is 31.9 Å². The van der Waals surface area contributed by atoms with Gasteiger partial charge in [-0.2, -0.15) is 5.26 Å². The summed E-state index contributed by atoms with van der Waals surface area (Å²) in [5.74, 6) is 0. The molecule has 1 fully saturated rings. The van der Waals surface area contributed by atoms with Gasteiger partial charge in [0.25, 0.3) is 0 Å². The Balaban J connectivity index is 1.64. The first-order valence-corrected chi connectivity index (χ1v) is 9.28. The fraction of sp³-hybridized carbons (Fsp3) is 0.333. The number of anilines is 2. The average molecular weight is 365 g/mol. The molecule has 1 aliphatic rings. The monoisotopic (exact) mass is 364 g/mol. The second kappa shape index (κ2) is 7.76. The molecule has 134 valence electrons. The fourth-order valence-electron chi connectivity index (χ4n) is 3.28. The van der Waals surface area contributed by atoms with Crippen LogP contribution in [0.5, 0.6) is 0 Å². The highest BCUT2D eigenvalue weighted by Crippen LogP contribution is 2.23. The van der Waals surface area contributed by atoms with Gasteiger partial charge in [0.1, 0.15) is 6.07 Å². The van der Waals surface area contributed by atoms with Gasteiger partial charge >= 0.3 is 0 Å². The predicted octanol–water partition coefficient (Wildman–Crippen LogP) is 4.00. The second-order valence-corrected chi connectivity index (χ2v) is 7.17. The van der Waals surface area contributed by atoms with Crippen LogP contribution in [0.25, 0.3) is 0 Å². The highest BCUT2D eigenvalue weighted by molar-refractivity contribution is 7.80. The first-order chi connectivity index (χ1) is 12.5. The molecule has 0 aromatic heterocycles. The number of nitrogens with zero attached hydrogens (tertiary/aromatic N) is 3. The van der Waals surface area contributed by atoms with Gasteiger partial charge < -0.3 is 15.1 Å². The normalized spacial score (nSPS) is 14.1. The van der Waals surface area contributed by atoms with Crippen LogP contribution in [-0.4, -0.2) is 36.2 Å². The quantitative estimate of drug-likeness (QED) is 0.816. The number of aryl methyl sites for hydroxylation is 3. The van der Waals surface area contributed by atoms with Gasteiger partial charge in [0.2, 0.25) is 0 Å². The lowest BCUT2D eigenvalue weighted by molar-refractivity contribution is 0.391. The number of hydrogen-bond acceptors (Lipinski definition) is 3. The Kier molecular flexibility index (Phi) is 5.43. The Morgan fingerprint density at radius 1 is 1.00 bits per heavy atom. The number of nitriles is 1. The van der Waals surface area contributed by atoms with Gasteiger partial charge in [0.05, 0.1) is 11.3 Å². The number of para-hydroxylation sites is 1. The van der Waals surface area contributed by atoms with E-state index < -0.39 is 0 Å². The van der Waals surface area contributed by atoms with Crippen LogP contribution in [0, 0.1) is 32.1 Å². The lowest BCUT2D eigenvalue weighted by atomic mass is 10.1. The third-order valence-corrected chi connectivity index (χ3v) is 5.37. The summed E-state index contributed by atoms with van der Waals surface area (Å²) >= 11 is 5.64. The van der Waals surface area contributed by atoms with Crippen molar-refractivity contribution in [2.24, 2.45) is 0 Å². The molecule has 4 nitrogen and oxygen atoms in total. The first-order valence-electron chi connectivity index (χ1n) is 8.87. The minimum Gasteiger partial charge on any atom is -0.367 e. The minimum absolute atomic E-state index is 0.729. The second-order valence-electron chi connectivity index (χ2n) is 6.78. The largest absolute Gasteiger partial charge is 0.367 e. The van der Waals surface area contributed by atoms with Crippen molar-refractivity contribution in [1.82, 2.24) is 4.90 Å². The Hall–Kier alpha value is -2.58. The molecule has 26 heavy (non-hydrogen) atoms. The Morgan fingerprint density at radius 2 is 1.65 bits per heavy atom. The SMILES string of the molecule is Cc1cc(C)c(NC(=S)N2CCN(c3ccccc3C#N)CC2)cc1C. The van der Waals surface area contributed by atoms with Crippen molar-refractivity contribution in [3.05, 3.63) is 58.7 Å². The average Bonchev–Trinajstić information content (AvgIpc) is 2.66. The zero-order valence-electron chi connectivity index (χ0n) is 15.5. The molecule has 0 saturated carbocycles. The van der Waals surface area contributed by atoms with Crippen molar-refractivity contribution in [3.63, 3.8) is 0 Å². The van der Waals surface area contributed by atoms with Crippen LogP contribution < -0.4 is 10.2 Å². The number of rotatable bonds is 2. The third kappa shape index (κ3) is 3.81. The van der Waals surface area contributed by atoms with Crippen LogP contribution in [0.4, 0.5) is 11.4 Å². The molecule has 1 heterocycles. The molecule has 0 spiro atoms. The summed E-state index contributed by atoms with van der Waals surface area (Å²) in [7, 11) is 0. The third-order valence-electron chi connectivity index (χ3n) is 5.01. The predicted molar refractivity (Wildman–Crippen MR) is 112 cm³/mol. The molecule has 0 aliphatic carbocycles. The zero-order valence-corrected chi connectivity index (χ0v) is 16.4. The summed E-state index contributed by atoms with van der Waals surface area (Å²) in [4.78, 5) is 4.47. The van der Waals surface area contributed by atoms with Crippen LogP contribution in [0.2, 0.25) is 0 Å². The van der Waals surface area contributed by atoms with E-state index in [9.17, 15) is 5.26 Å². The molecule has 0 atom stereocenters. The minimum atomic E-state index is 0.729. The molecule has 0 radical (unpaired) electrons. The smallest absolute Gasteiger partial charge is 0.173 e. The maximum atomic E-state index is 9.30. The van der Waals surface area contributed by atoms with E-state index in [0.717, 1.165) is 48.2 Å². The highest BCUT2D eigenvalue weighted by atomic mass is 32.1. The van der Waals surface area contributed by atoms with E-state index >= 15 is 0 Å². The molecule has 0 bridgehead atoms. The van der Waals surface area contributed by atoms with Gasteiger partial charge in [-0.25, -0.2) is 0 Å². The van der Waals surface area contributed by atoms with Crippen LogP contribution in [-0.2, 0) is 0 Å². The van der Waals surface area contributed by atoms with Crippen molar-refractivity contribution in [1.29, 1.82) is 5.26 Å². The van der Waals surface area contributed by atoms with E-state index in [1.54, 1.807) is 0 Å². The van der Waals surface area contributed by atoms with E-state index in [0.29, 0.717) is 0 Å². The van der Waals surface area contributed by atoms with Crippen LogP contribution in [0.15, 0.2) is 36.4 Å². The van der Waals surface area contributed by atoms with Crippen LogP contribution >= 0.6 is 12.2 Å². The Labute approximate surface area is 161 Å². The Morgan fingerprint density at radius 3 is 2.35 bits per heavy atom. The number of benzene rings is 2. The molecule has 2 aromatic rings. The molecule has 1 aliphatic heterocycles. The van der Waals surface area contributed by atoms with Gasteiger partial charge in [0.15, 0.2) is 5.11 Å². The molecule has 0 unspecified atom stereocenters. The van der Waals surface area contributed by atoms with E-state index in [4.69, 9.17) is 12.2 Å². The summed E-state index contributed by atoms with van der Waals surface area (Å²) in [6.45, 7) is 9.75. The summed E-state index contributed by atoms with van der Waals surface area (Å²) in [5, 5.41) is 13.5. The first kappa shape index (κ1) is 18.2. The summed E-state index contributed by atoms with van der Waals surface area (Å²) < 4.78 is 0. The molecule has 2 aromatic carbocycles. The van der Waals surface area contributed by atoms with Crippen LogP contribution in [0.3, 0.4) is 0 Å². The van der Waals surface area contributed by atoms with Crippen LogP contribution in [0.1, 0.15) is 22.3 Å². The van der Waals surface area contributed by atoms with E-state index in [-0.39, 0.29) is 0 Å². The lowest BCUT2D eigenvalue weighted by Gasteiger charge is -2.37. The lowest BCUT2D eigenvalue weighted by Crippen LogP contribution is -2.50. The summed E-state index contributed by atoms with van der Waals surface area (Å²) in [5.41, 5.74) is 6.58. The van der Waals surface area contributed by atoms with E-state index in [1.807, 2.05) is 24.3 Å². The highest BCUT2D eigenvalue weighted by Gasteiger charge is 2.21. The van der Waals surface area contributed by atoms with E-state index in [2.05, 4.69) is 54.1 Å². The van der Waals surface area contributed by atoms with Gasteiger partial charge in [-0.15, -0.1) is 0 Å². The maximum absolute atomic E-state index is 9.30. The van der Waals surface area contributed by atoms with Crippen molar-refractivity contribution in [2.75, 3.05) is 36.4 Å². The van der Waals surface area contributed by atoms with Crippen molar-refractivity contribution in [2.45, 2.75) is 20.8 Å². The van der Waals surface area contributed by atoms with Crippen molar-refractivity contribution < 1.29 is 0 Å². The standard InChI is InChI=1S/C21H24N4S/c1-15-12-17(3)19(13-16(15)2)23-21(26)25-10-8-24(9-11-25)20-7-5-4-6-18(20)14-22/h4-7,12-13H,8-11H2,1-3H3,(H,23,26). The molecular weight excluding hydrogens is 340 g/mol. The van der Waals surface area contributed by atoms with E-state index in [1.165, 1.54) is 16.7 Å². The summed E-state index contributed by atoms with van der Waals surface area (Å²) in [6, 6.07) is 14.4. The van der Waals surface area contributed by atoms with Gasteiger partial charge in [-0.3, -0.25) is 0 Å². The van der Waals surface area contributed by atoms with Crippen molar-refractivity contribution in [3.8, 4) is 6.07 Å². The molecular formula is C21H24N4S. The number of nitrogens with one attached hydrogen (secondary N) is 1. The zero-order chi connectivity index (χ0) is 18.7. The molecule has 1 saturated heterocycles. The van der Waals surface area contributed by atoms with Crippen molar-refractivity contribution >= 4 is 28.7 Å². The number of hydrogen-bond donors (Lipinski definition) is 1. The summed E-state index contributed by atoms with van der Waals surface area (Å²) in [6.07, 6.45) is 0. The fourth-order valence-corrected chi connectivity index (χ4v) is 3.58. The number of piperazine rings is 1. The molecule has 3 rings (SSSR count). The van der Waals surface area contributed by atoms with Gasteiger partial charge in [-0.1, -0.05) is 18.2 Å². The maximum Gasteiger partial charge on any atom is 0.173 e. The number of thiocarbonyl (C=S) groups is 1. The Bertz CT molecular complexity index is 861. The molecule has 5 heteroatoms. The molecule has 0 amide bonds. The topological polar surface area (TPSA) is 42.3 Å². The molecule has 1 N–H and O–H groups in total. The van der Waals surface area contributed by atoms with Gasteiger partial charge in [-0.05, 0) is 67.9 Å².